The summed E-state index contributed by atoms with van der Waals surface area (Å²) >= 11 is 1.22. The van der Waals surface area contributed by atoms with Gasteiger partial charge < -0.3 is 10.0 Å². The van der Waals surface area contributed by atoms with Crippen molar-refractivity contribution in [2.24, 2.45) is 0 Å². The van der Waals surface area contributed by atoms with Crippen LogP contribution in [-0.2, 0) is 9.59 Å². The number of nitrogens with zero attached hydrogens (tertiary/aromatic N) is 2. The molecule has 1 N–H and O–H groups in total. The molecular weight excluding hydrogens is 360 g/mol. The minimum Gasteiger partial charge on any atom is -0.396 e. The molecule has 6 heteroatoms. The smallest absolute Gasteiger partial charge is 0.272 e. The van der Waals surface area contributed by atoms with E-state index in [1.54, 1.807) is 12.1 Å². The first-order valence-corrected chi connectivity index (χ1v) is 9.63. The van der Waals surface area contributed by atoms with Crippen molar-refractivity contribution >= 4 is 40.5 Å². The molecule has 1 aliphatic heterocycles. The predicted octanol–water partition coefficient (Wildman–Crippen LogP) is 3.07. The van der Waals surface area contributed by atoms with Gasteiger partial charge in [-0.1, -0.05) is 29.8 Å². The van der Waals surface area contributed by atoms with Crippen LogP contribution in [0.15, 0.2) is 53.4 Å². The highest BCUT2D eigenvalue weighted by Gasteiger charge is 2.40. The molecule has 0 radical (unpaired) electrons. The number of aliphatic hydroxyl groups excluding tert-OH is 1. The van der Waals surface area contributed by atoms with Crippen LogP contribution < -0.4 is 9.80 Å². The molecule has 0 bridgehead atoms. The molecule has 0 spiro atoms. The fourth-order valence-electron chi connectivity index (χ4n) is 2.90. The van der Waals surface area contributed by atoms with Crippen LogP contribution in [-0.4, -0.2) is 43.4 Å². The van der Waals surface area contributed by atoms with Crippen molar-refractivity contribution < 1.29 is 14.7 Å². The minimum absolute atomic E-state index is 0.0612. The van der Waals surface area contributed by atoms with E-state index in [0.717, 1.165) is 11.3 Å². The maximum absolute atomic E-state index is 13.2. The molecule has 2 amide bonds. The van der Waals surface area contributed by atoms with E-state index in [1.165, 1.54) is 16.7 Å². The molecule has 2 aromatic rings. The molecular formula is C21H22N2O3S. The van der Waals surface area contributed by atoms with Crippen molar-refractivity contribution in [2.75, 3.05) is 36.3 Å². The zero-order chi connectivity index (χ0) is 19.6. The van der Waals surface area contributed by atoms with Crippen LogP contribution in [0.4, 0.5) is 11.4 Å². The average Bonchev–Trinajstić information content (AvgIpc) is 2.90. The monoisotopic (exact) mass is 382 g/mol. The van der Waals surface area contributed by atoms with Crippen molar-refractivity contribution in [1.82, 2.24) is 0 Å². The quantitative estimate of drug-likeness (QED) is 0.778. The molecule has 0 unspecified atom stereocenters. The molecule has 140 valence electrons. The van der Waals surface area contributed by atoms with E-state index in [0.29, 0.717) is 27.5 Å². The molecule has 0 saturated carbocycles. The molecule has 0 saturated heterocycles. The van der Waals surface area contributed by atoms with E-state index >= 15 is 0 Å². The summed E-state index contributed by atoms with van der Waals surface area (Å²) in [5.74, 6) is -0.314. The summed E-state index contributed by atoms with van der Waals surface area (Å²) in [7, 11) is 3.86. The molecule has 1 aliphatic rings. The van der Waals surface area contributed by atoms with Crippen LogP contribution >= 0.6 is 11.8 Å². The summed E-state index contributed by atoms with van der Waals surface area (Å²) in [6, 6.07) is 14.9. The highest BCUT2D eigenvalue weighted by molar-refractivity contribution is 8.04. The van der Waals surface area contributed by atoms with Crippen LogP contribution in [0, 0.1) is 6.92 Å². The Morgan fingerprint density at radius 1 is 0.963 bits per heavy atom. The van der Waals surface area contributed by atoms with Crippen LogP contribution in [0.5, 0.6) is 0 Å². The van der Waals surface area contributed by atoms with E-state index in [9.17, 15) is 14.7 Å². The Labute approximate surface area is 163 Å². The van der Waals surface area contributed by atoms with Gasteiger partial charge in [0, 0.05) is 25.5 Å². The second-order valence-corrected chi connectivity index (χ2v) is 7.60. The highest BCUT2D eigenvalue weighted by atomic mass is 32.2. The number of benzene rings is 2. The SMILES string of the molecule is Cc1ccc(C2=C(SCCO)C(=O)N(c3ccc(N(C)C)cc3)C2=O)cc1. The number of carbonyl (C=O) groups excluding carboxylic acids is 2. The maximum Gasteiger partial charge on any atom is 0.272 e. The number of anilines is 2. The number of amides is 2. The third-order valence-electron chi connectivity index (χ3n) is 4.34. The van der Waals surface area contributed by atoms with Gasteiger partial charge in [0.15, 0.2) is 0 Å². The van der Waals surface area contributed by atoms with Crippen LogP contribution in [0.3, 0.4) is 0 Å². The van der Waals surface area contributed by atoms with Gasteiger partial charge in [0.2, 0.25) is 0 Å². The lowest BCUT2D eigenvalue weighted by Crippen LogP contribution is -2.31. The Morgan fingerprint density at radius 3 is 2.15 bits per heavy atom. The van der Waals surface area contributed by atoms with Gasteiger partial charge >= 0.3 is 0 Å². The lowest BCUT2D eigenvalue weighted by Gasteiger charge is -2.17. The Hall–Kier alpha value is -2.57. The molecule has 1 heterocycles. The number of rotatable bonds is 6. The Kier molecular flexibility index (Phi) is 5.68. The molecule has 5 nitrogen and oxygen atoms in total. The number of imide groups is 1. The third-order valence-corrected chi connectivity index (χ3v) is 5.40. The second-order valence-electron chi connectivity index (χ2n) is 6.50. The van der Waals surface area contributed by atoms with E-state index in [4.69, 9.17) is 0 Å². The first-order chi connectivity index (χ1) is 12.9. The van der Waals surface area contributed by atoms with Crippen LogP contribution in [0.2, 0.25) is 0 Å². The number of hydrogen-bond acceptors (Lipinski definition) is 5. The standard InChI is InChI=1S/C21H22N2O3S/c1-14-4-6-15(7-5-14)18-19(27-13-12-24)21(26)23(20(18)25)17-10-8-16(9-11-17)22(2)3/h4-11,24H,12-13H2,1-3H3. The molecule has 0 aliphatic carbocycles. The molecule has 0 aromatic heterocycles. The lowest BCUT2D eigenvalue weighted by atomic mass is 10.0. The second kappa shape index (κ2) is 7.98. The van der Waals surface area contributed by atoms with Crippen molar-refractivity contribution in [3.8, 4) is 0 Å². The first-order valence-electron chi connectivity index (χ1n) is 8.65. The number of aliphatic hydroxyl groups is 1. The van der Waals surface area contributed by atoms with Gasteiger partial charge in [0.25, 0.3) is 11.8 Å². The number of hydrogen-bond donors (Lipinski definition) is 1. The zero-order valence-electron chi connectivity index (χ0n) is 15.6. The van der Waals surface area contributed by atoms with Gasteiger partial charge in [-0.3, -0.25) is 9.59 Å². The Bertz CT molecular complexity index is 887. The average molecular weight is 382 g/mol. The van der Waals surface area contributed by atoms with Gasteiger partial charge in [0.05, 0.1) is 22.8 Å². The van der Waals surface area contributed by atoms with Crippen molar-refractivity contribution in [3.63, 3.8) is 0 Å². The predicted molar refractivity (Wildman–Crippen MR) is 111 cm³/mol. The molecule has 0 fully saturated rings. The fourth-order valence-corrected chi connectivity index (χ4v) is 3.76. The number of aryl methyl sites for hydroxylation is 1. The summed E-state index contributed by atoms with van der Waals surface area (Å²) in [5.41, 5.74) is 3.72. The summed E-state index contributed by atoms with van der Waals surface area (Å²) in [6.07, 6.45) is 0. The van der Waals surface area contributed by atoms with E-state index in [1.807, 2.05) is 62.3 Å². The van der Waals surface area contributed by atoms with Gasteiger partial charge in [-0.05, 0) is 36.8 Å². The van der Waals surface area contributed by atoms with E-state index in [2.05, 4.69) is 0 Å². The van der Waals surface area contributed by atoms with Crippen LogP contribution in [0.1, 0.15) is 11.1 Å². The summed E-state index contributed by atoms with van der Waals surface area (Å²) < 4.78 is 0. The minimum atomic E-state index is -0.341. The molecule has 3 rings (SSSR count). The summed E-state index contributed by atoms with van der Waals surface area (Å²) in [6.45, 7) is 1.91. The largest absolute Gasteiger partial charge is 0.396 e. The number of thioether (sulfide) groups is 1. The topological polar surface area (TPSA) is 60.9 Å². The van der Waals surface area contributed by atoms with Crippen LogP contribution in [0.25, 0.3) is 5.57 Å². The van der Waals surface area contributed by atoms with Gasteiger partial charge in [-0.2, -0.15) is 0 Å². The van der Waals surface area contributed by atoms with Crippen molar-refractivity contribution in [1.29, 1.82) is 0 Å². The lowest BCUT2D eigenvalue weighted by molar-refractivity contribution is -0.119. The third kappa shape index (κ3) is 3.77. The fraction of sp³-hybridized carbons (Fsp3) is 0.238. The normalized spacial score (nSPS) is 14.3. The molecule has 27 heavy (non-hydrogen) atoms. The van der Waals surface area contributed by atoms with Gasteiger partial charge in [-0.25, -0.2) is 4.90 Å². The molecule has 2 aromatic carbocycles. The van der Waals surface area contributed by atoms with Gasteiger partial charge in [0.1, 0.15) is 0 Å². The Morgan fingerprint density at radius 2 is 1.59 bits per heavy atom. The highest BCUT2D eigenvalue weighted by Crippen LogP contribution is 2.38. The van der Waals surface area contributed by atoms with Gasteiger partial charge in [-0.15, -0.1) is 11.8 Å². The first kappa shape index (κ1) is 19.2. The Balaban J connectivity index is 2.01. The zero-order valence-corrected chi connectivity index (χ0v) is 16.4. The van der Waals surface area contributed by atoms with E-state index < -0.39 is 0 Å². The summed E-state index contributed by atoms with van der Waals surface area (Å²) in [5, 5.41) is 9.18. The van der Waals surface area contributed by atoms with E-state index in [-0.39, 0.29) is 18.4 Å². The van der Waals surface area contributed by atoms with Crippen molar-refractivity contribution in [2.45, 2.75) is 6.92 Å². The van der Waals surface area contributed by atoms with Crippen molar-refractivity contribution in [3.05, 3.63) is 64.6 Å². The molecule has 0 atom stereocenters. The summed E-state index contributed by atoms with van der Waals surface area (Å²) in [4.78, 5) is 29.7. The maximum atomic E-state index is 13.2. The number of carbonyl (C=O) groups is 2.